The van der Waals surface area contributed by atoms with Crippen molar-refractivity contribution in [1.29, 1.82) is 0 Å². The SMILES string of the molecule is Cc1cc(CCC(=O)Nc2csc(-c3ccc(Cl)cc3)c2C(=O)O)ccc1F. The lowest BCUT2D eigenvalue weighted by molar-refractivity contribution is -0.116. The fraction of sp³-hybridized carbons (Fsp3) is 0.143. The van der Waals surface area contributed by atoms with Crippen LogP contribution in [0.2, 0.25) is 5.02 Å². The maximum absolute atomic E-state index is 13.3. The summed E-state index contributed by atoms with van der Waals surface area (Å²) in [6.45, 7) is 1.67. The van der Waals surface area contributed by atoms with E-state index in [1.165, 1.54) is 17.4 Å². The largest absolute Gasteiger partial charge is 0.478 e. The number of aryl methyl sites for hydroxylation is 2. The molecular formula is C21H17ClFNO3S. The van der Waals surface area contributed by atoms with E-state index in [-0.39, 0.29) is 29.4 Å². The molecule has 0 unspecified atom stereocenters. The lowest BCUT2D eigenvalue weighted by Gasteiger charge is -2.07. The van der Waals surface area contributed by atoms with Crippen LogP contribution in [0.15, 0.2) is 47.8 Å². The predicted molar refractivity (Wildman–Crippen MR) is 110 cm³/mol. The highest BCUT2D eigenvalue weighted by Gasteiger charge is 2.21. The second kappa shape index (κ2) is 8.54. The number of carbonyl (C=O) groups excluding carboxylic acids is 1. The Bertz CT molecular complexity index is 1030. The van der Waals surface area contributed by atoms with Crippen LogP contribution in [0.1, 0.15) is 27.9 Å². The summed E-state index contributed by atoms with van der Waals surface area (Å²) in [4.78, 5) is 24.6. The second-order valence-electron chi connectivity index (χ2n) is 6.30. The summed E-state index contributed by atoms with van der Waals surface area (Å²) in [5, 5.41) is 14.5. The number of anilines is 1. The predicted octanol–water partition coefficient (Wildman–Crippen LogP) is 5.79. The fourth-order valence-electron chi connectivity index (χ4n) is 2.81. The average molecular weight is 418 g/mol. The van der Waals surface area contributed by atoms with Gasteiger partial charge in [-0.25, -0.2) is 9.18 Å². The summed E-state index contributed by atoms with van der Waals surface area (Å²) >= 11 is 7.13. The van der Waals surface area contributed by atoms with Crippen molar-refractivity contribution in [3.8, 4) is 10.4 Å². The first-order valence-corrected chi connectivity index (χ1v) is 9.76. The van der Waals surface area contributed by atoms with Crippen LogP contribution in [0.5, 0.6) is 0 Å². The quantitative estimate of drug-likeness (QED) is 0.533. The molecule has 0 saturated carbocycles. The van der Waals surface area contributed by atoms with Crippen LogP contribution in [0.25, 0.3) is 10.4 Å². The van der Waals surface area contributed by atoms with Gasteiger partial charge in [0.05, 0.1) is 10.6 Å². The molecule has 1 aromatic heterocycles. The molecule has 2 aromatic carbocycles. The second-order valence-corrected chi connectivity index (χ2v) is 7.61. The van der Waals surface area contributed by atoms with Gasteiger partial charge in [-0.3, -0.25) is 4.79 Å². The van der Waals surface area contributed by atoms with E-state index in [9.17, 15) is 19.1 Å². The Morgan fingerprint density at radius 3 is 2.54 bits per heavy atom. The first kappa shape index (κ1) is 20.0. The zero-order valence-corrected chi connectivity index (χ0v) is 16.5. The minimum absolute atomic E-state index is 0.0540. The Kier molecular flexibility index (Phi) is 6.11. The Hall–Kier alpha value is -2.70. The van der Waals surface area contributed by atoms with Crippen LogP contribution < -0.4 is 5.32 Å². The lowest BCUT2D eigenvalue weighted by Crippen LogP contribution is -2.14. The number of rotatable bonds is 6. The molecule has 0 saturated heterocycles. The van der Waals surface area contributed by atoms with Crippen molar-refractivity contribution in [2.45, 2.75) is 19.8 Å². The molecule has 144 valence electrons. The Labute approximate surface area is 170 Å². The number of aromatic carboxylic acids is 1. The smallest absolute Gasteiger partial charge is 0.339 e. The van der Waals surface area contributed by atoms with E-state index in [0.717, 1.165) is 5.56 Å². The number of thiophene rings is 1. The standard InChI is InChI=1S/C21H17ClFNO3S/c1-12-10-13(2-8-16(12)23)3-9-18(25)24-17-11-28-20(19(17)21(26)27)14-4-6-15(22)7-5-14/h2,4-8,10-11H,3,9H2,1H3,(H,24,25)(H,26,27). The summed E-state index contributed by atoms with van der Waals surface area (Å²) < 4.78 is 13.3. The van der Waals surface area contributed by atoms with Crippen LogP contribution >= 0.6 is 22.9 Å². The highest BCUT2D eigenvalue weighted by Crippen LogP contribution is 2.36. The molecule has 0 bridgehead atoms. The van der Waals surface area contributed by atoms with Crippen LogP contribution in [-0.4, -0.2) is 17.0 Å². The summed E-state index contributed by atoms with van der Waals surface area (Å²) in [5.41, 5.74) is 2.41. The van der Waals surface area contributed by atoms with Gasteiger partial charge in [0.2, 0.25) is 5.91 Å². The van der Waals surface area contributed by atoms with Crippen molar-refractivity contribution in [1.82, 2.24) is 0 Å². The molecule has 7 heteroatoms. The molecule has 0 aliphatic heterocycles. The summed E-state index contributed by atoms with van der Waals surface area (Å²) in [5.74, 6) is -1.70. The number of hydrogen-bond donors (Lipinski definition) is 2. The molecule has 0 atom stereocenters. The van der Waals surface area contributed by atoms with Crippen molar-refractivity contribution in [2.24, 2.45) is 0 Å². The van der Waals surface area contributed by atoms with Gasteiger partial charge in [-0.05, 0) is 48.2 Å². The maximum Gasteiger partial charge on any atom is 0.339 e. The van der Waals surface area contributed by atoms with Gasteiger partial charge in [0, 0.05) is 16.8 Å². The normalized spacial score (nSPS) is 10.7. The van der Waals surface area contributed by atoms with Crippen LogP contribution in [0.4, 0.5) is 10.1 Å². The number of carboxylic acids is 1. The van der Waals surface area contributed by atoms with Gasteiger partial charge < -0.3 is 10.4 Å². The van der Waals surface area contributed by atoms with Gasteiger partial charge in [-0.2, -0.15) is 0 Å². The molecule has 3 rings (SSSR count). The molecule has 4 nitrogen and oxygen atoms in total. The van der Waals surface area contributed by atoms with Crippen molar-refractivity contribution in [3.63, 3.8) is 0 Å². The molecule has 2 N–H and O–H groups in total. The van der Waals surface area contributed by atoms with Gasteiger partial charge in [0.25, 0.3) is 0 Å². The van der Waals surface area contributed by atoms with E-state index < -0.39 is 5.97 Å². The number of carboxylic acid groups (broad SMARTS) is 1. The van der Waals surface area contributed by atoms with E-state index in [1.807, 2.05) is 0 Å². The van der Waals surface area contributed by atoms with E-state index >= 15 is 0 Å². The van der Waals surface area contributed by atoms with E-state index in [1.54, 1.807) is 48.7 Å². The topological polar surface area (TPSA) is 66.4 Å². The third-order valence-electron chi connectivity index (χ3n) is 4.25. The Balaban J connectivity index is 1.74. The van der Waals surface area contributed by atoms with Gasteiger partial charge >= 0.3 is 5.97 Å². The molecular weight excluding hydrogens is 401 g/mol. The van der Waals surface area contributed by atoms with Gasteiger partial charge in [-0.15, -0.1) is 11.3 Å². The van der Waals surface area contributed by atoms with Gasteiger partial charge in [-0.1, -0.05) is 35.9 Å². The molecule has 0 fully saturated rings. The first-order chi connectivity index (χ1) is 13.3. The van der Waals surface area contributed by atoms with Gasteiger partial charge in [0.1, 0.15) is 11.4 Å². The van der Waals surface area contributed by atoms with Crippen molar-refractivity contribution < 1.29 is 19.1 Å². The van der Waals surface area contributed by atoms with Crippen LogP contribution in [-0.2, 0) is 11.2 Å². The first-order valence-electron chi connectivity index (χ1n) is 8.50. The zero-order valence-electron chi connectivity index (χ0n) is 15.0. The number of halogens is 2. The molecule has 0 spiro atoms. The average Bonchev–Trinajstić information content (AvgIpc) is 3.07. The molecule has 1 heterocycles. The molecule has 28 heavy (non-hydrogen) atoms. The highest BCUT2D eigenvalue weighted by molar-refractivity contribution is 7.14. The minimum Gasteiger partial charge on any atom is -0.478 e. The molecule has 0 aliphatic carbocycles. The van der Waals surface area contributed by atoms with Gasteiger partial charge in [0.15, 0.2) is 0 Å². The van der Waals surface area contributed by atoms with Crippen molar-refractivity contribution >= 4 is 40.5 Å². The number of hydrogen-bond acceptors (Lipinski definition) is 3. The summed E-state index contributed by atoms with van der Waals surface area (Å²) in [6.07, 6.45) is 0.597. The van der Waals surface area contributed by atoms with Crippen LogP contribution in [0, 0.1) is 12.7 Å². The summed E-state index contributed by atoms with van der Waals surface area (Å²) in [7, 11) is 0. The molecule has 3 aromatic rings. The monoisotopic (exact) mass is 417 g/mol. The Morgan fingerprint density at radius 1 is 1.18 bits per heavy atom. The third kappa shape index (κ3) is 4.58. The Morgan fingerprint density at radius 2 is 1.89 bits per heavy atom. The number of nitrogens with one attached hydrogen (secondary N) is 1. The van der Waals surface area contributed by atoms with E-state index in [2.05, 4.69) is 5.32 Å². The maximum atomic E-state index is 13.3. The molecule has 0 aliphatic rings. The number of benzene rings is 2. The minimum atomic E-state index is -1.12. The summed E-state index contributed by atoms with van der Waals surface area (Å²) in [6, 6.07) is 11.6. The van der Waals surface area contributed by atoms with Crippen LogP contribution in [0.3, 0.4) is 0 Å². The van der Waals surface area contributed by atoms with E-state index in [0.29, 0.717) is 27.4 Å². The molecule has 0 radical (unpaired) electrons. The molecule has 1 amide bonds. The lowest BCUT2D eigenvalue weighted by atomic mass is 10.1. The van der Waals surface area contributed by atoms with Crippen molar-refractivity contribution in [3.05, 3.63) is 75.4 Å². The number of amides is 1. The highest BCUT2D eigenvalue weighted by atomic mass is 35.5. The van der Waals surface area contributed by atoms with Crippen molar-refractivity contribution in [2.75, 3.05) is 5.32 Å². The zero-order chi connectivity index (χ0) is 20.3. The number of carbonyl (C=O) groups is 2. The van der Waals surface area contributed by atoms with E-state index in [4.69, 9.17) is 11.6 Å². The third-order valence-corrected chi connectivity index (χ3v) is 5.53. The fourth-order valence-corrected chi connectivity index (χ4v) is 3.93.